The van der Waals surface area contributed by atoms with Gasteiger partial charge in [-0.1, -0.05) is 77.0 Å². The number of ether oxygens (including phenoxy) is 6. The molecule has 1 aliphatic heterocycles. The third-order valence-electron chi connectivity index (χ3n) is 7.34. The second-order valence-electron chi connectivity index (χ2n) is 11.0. The Hall–Kier alpha value is -1.45. The van der Waals surface area contributed by atoms with Crippen LogP contribution in [0.15, 0.2) is 18.2 Å². The molecule has 40 heavy (non-hydrogen) atoms. The van der Waals surface area contributed by atoms with Gasteiger partial charge in [-0.2, -0.15) is 0 Å². The predicted molar refractivity (Wildman–Crippen MR) is 162 cm³/mol. The van der Waals surface area contributed by atoms with E-state index in [1.54, 1.807) is 0 Å². The smallest absolute Gasteiger partial charge is 0.303 e. The SMILES string of the molecule is Bc1ccc(C(OC(C)=O)[C@H]2OC(COCCCC)[C@@H](OCCCC)[C@H](OCCCC)C2OCCCC)c(C)c1. The summed E-state index contributed by atoms with van der Waals surface area (Å²) >= 11 is 0. The van der Waals surface area contributed by atoms with Gasteiger partial charge in [-0.15, -0.1) is 0 Å². The summed E-state index contributed by atoms with van der Waals surface area (Å²) in [6.45, 7) is 14.9. The zero-order valence-corrected chi connectivity index (χ0v) is 26.2. The van der Waals surface area contributed by atoms with E-state index in [1.807, 2.05) is 19.1 Å². The van der Waals surface area contributed by atoms with Crippen LogP contribution in [-0.2, 0) is 33.2 Å². The molecule has 0 aliphatic carbocycles. The lowest BCUT2D eigenvalue weighted by Crippen LogP contribution is -2.63. The molecule has 1 heterocycles. The Balaban J connectivity index is 2.56. The van der Waals surface area contributed by atoms with Crippen LogP contribution in [0.3, 0.4) is 0 Å². The summed E-state index contributed by atoms with van der Waals surface area (Å²) in [4.78, 5) is 12.5. The Morgan fingerprint density at radius 3 is 1.95 bits per heavy atom. The van der Waals surface area contributed by atoms with Gasteiger partial charge < -0.3 is 28.4 Å². The molecule has 1 saturated heterocycles. The van der Waals surface area contributed by atoms with Gasteiger partial charge in [0.2, 0.25) is 0 Å². The number of carbonyl (C=O) groups excluding carboxylic acids is 1. The topological polar surface area (TPSA) is 72.5 Å². The van der Waals surface area contributed by atoms with Crippen LogP contribution in [0.2, 0.25) is 0 Å². The molecule has 0 bridgehead atoms. The number of esters is 1. The van der Waals surface area contributed by atoms with Crippen molar-refractivity contribution in [2.75, 3.05) is 33.0 Å². The minimum absolute atomic E-state index is 0.356. The van der Waals surface area contributed by atoms with Crippen LogP contribution in [0.4, 0.5) is 0 Å². The molecule has 6 atom stereocenters. The third kappa shape index (κ3) is 11.1. The van der Waals surface area contributed by atoms with E-state index in [9.17, 15) is 4.79 Å². The van der Waals surface area contributed by atoms with Crippen molar-refractivity contribution in [3.8, 4) is 0 Å². The third-order valence-corrected chi connectivity index (χ3v) is 7.34. The molecule has 8 heteroatoms. The summed E-state index contributed by atoms with van der Waals surface area (Å²) in [6, 6.07) is 6.19. The second kappa shape index (κ2) is 19.6. The molecule has 0 spiro atoms. The molecule has 1 aliphatic rings. The van der Waals surface area contributed by atoms with Crippen LogP contribution in [0.25, 0.3) is 0 Å². The monoisotopic (exact) mass is 562 g/mol. The van der Waals surface area contributed by atoms with E-state index < -0.39 is 18.3 Å². The van der Waals surface area contributed by atoms with Crippen molar-refractivity contribution < 1.29 is 33.2 Å². The Morgan fingerprint density at radius 2 is 1.40 bits per heavy atom. The minimum atomic E-state index is -0.656. The largest absolute Gasteiger partial charge is 0.455 e. The molecule has 228 valence electrons. The van der Waals surface area contributed by atoms with E-state index in [4.69, 9.17) is 28.4 Å². The highest BCUT2D eigenvalue weighted by molar-refractivity contribution is 6.32. The molecule has 0 saturated carbocycles. The molecule has 1 aromatic carbocycles. The van der Waals surface area contributed by atoms with E-state index in [-0.39, 0.29) is 24.3 Å². The number of hydrogen-bond donors (Lipinski definition) is 0. The van der Waals surface area contributed by atoms with Crippen LogP contribution in [0, 0.1) is 6.92 Å². The molecule has 0 aromatic heterocycles. The van der Waals surface area contributed by atoms with Crippen molar-refractivity contribution in [2.45, 2.75) is 130 Å². The van der Waals surface area contributed by atoms with Gasteiger partial charge in [0.25, 0.3) is 0 Å². The number of benzene rings is 1. The van der Waals surface area contributed by atoms with Crippen LogP contribution >= 0.6 is 0 Å². The average Bonchev–Trinajstić information content (AvgIpc) is 2.92. The standard InChI is InChI=1S/C32H55BO7/c1-7-11-17-35-22-27-29(36-18-12-8-2)30(37-19-13-9-3)31(38-20-14-10-4)32(40-27)28(39-24(6)34)26-16-15-25(33)21-23(26)5/h15-16,21,27-32H,7-14,17-20,22,33H2,1-6H3/t27?,28?,29-,30+,31?,32-/m1/s1. The summed E-state index contributed by atoms with van der Waals surface area (Å²) in [6.07, 6.45) is 5.06. The normalized spacial score (nSPS) is 23.7. The number of hydrogen-bond acceptors (Lipinski definition) is 7. The number of aryl methyl sites for hydroxylation is 1. The first kappa shape index (κ1) is 34.8. The van der Waals surface area contributed by atoms with Crippen molar-refractivity contribution >= 4 is 19.3 Å². The summed E-state index contributed by atoms with van der Waals surface area (Å²) in [5, 5.41) is 0. The summed E-state index contributed by atoms with van der Waals surface area (Å²) < 4.78 is 38.7. The van der Waals surface area contributed by atoms with E-state index in [1.165, 1.54) is 6.92 Å². The molecular formula is C32H55BO7. The van der Waals surface area contributed by atoms with Crippen LogP contribution < -0.4 is 5.46 Å². The van der Waals surface area contributed by atoms with Crippen LogP contribution in [0.5, 0.6) is 0 Å². The van der Waals surface area contributed by atoms with Crippen molar-refractivity contribution in [1.82, 2.24) is 0 Å². The lowest BCUT2D eigenvalue weighted by molar-refractivity contribution is -0.283. The maximum atomic E-state index is 12.5. The van der Waals surface area contributed by atoms with E-state index in [2.05, 4.69) is 41.6 Å². The van der Waals surface area contributed by atoms with Crippen molar-refractivity contribution in [3.05, 3.63) is 29.3 Å². The lowest BCUT2D eigenvalue weighted by Gasteiger charge is -2.48. The number of unbranched alkanes of at least 4 members (excludes halogenated alkanes) is 4. The molecule has 0 radical (unpaired) electrons. The Labute approximate surface area is 244 Å². The molecule has 1 aromatic rings. The van der Waals surface area contributed by atoms with Crippen LogP contribution in [-0.4, -0.2) is 77.4 Å². The highest BCUT2D eigenvalue weighted by Gasteiger charge is 2.52. The van der Waals surface area contributed by atoms with Gasteiger partial charge in [0.15, 0.2) is 6.10 Å². The molecule has 0 N–H and O–H groups in total. The fourth-order valence-electron chi connectivity index (χ4n) is 5.07. The summed E-state index contributed by atoms with van der Waals surface area (Å²) in [7, 11) is 2.06. The molecule has 1 fully saturated rings. The van der Waals surface area contributed by atoms with Gasteiger partial charge in [0.1, 0.15) is 38.4 Å². The van der Waals surface area contributed by atoms with Gasteiger partial charge in [-0.05, 0) is 43.7 Å². The second-order valence-corrected chi connectivity index (χ2v) is 11.0. The Bertz CT molecular complexity index is 835. The van der Waals surface area contributed by atoms with Gasteiger partial charge in [-0.25, -0.2) is 0 Å². The lowest BCUT2D eigenvalue weighted by atomic mass is 9.85. The minimum Gasteiger partial charge on any atom is -0.455 e. The quantitative estimate of drug-likeness (QED) is 0.126. The summed E-state index contributed by atoms with van der Waals surface area (Å²) in [5.41, 5.74) is 3.11. The first-order valence-corrected chi connectivity index (χ1v) is 15.7. The summed E-state index contributed by atoms with van der Waals surface area (Å²) in [5.74, 6) is -0.360. The first-order valence-electron chi connectivity index (χ1n) is 15.7. The van der Waals surface area contributed by atoms with Gasteiger partial charge in [0.05, 0.1) is 6.61 Å². The van der Waals surface area contributed by atoms with Crippen molar-refractivity contribution in [1.29, 1.82) is 0 Å². The van der Waals surface area contributed by atoms with Gasteiger partial charge in [-0.3, -0.25) is 4.79 Å². The maximum absolute atomic E-state index is 12.5. The molecule has 0 amide bonds. The highest BCUT2D eigenvalue weighted by Crippen LogP contribution is 2.38. The zero-order chi connectivity index (χ0) is 29.3. The predicted octanol–water partition coefficient (Wildman–Crippen LogP) is 5.00. The molecule has 3 unspecified atom stereocenters. The van der Waals surface area contributed by atoms with Crippen molar-refractivity contribution in [3.63, 3.8) is 0 Å². The molecule has 2 rings (SSSR count). The Morgan fingerprint density at radius 1 is 0.850 bits per heavy atom. The van der Waals surface area contributed by atoms with Gasteiger partial charge in [0, 0.05) is 33.4 Å². The number of carbonyl (C=O) groups is 1. The Kier molecular flexibility index (Phi) is 17.1. The fraction of sp³-hybridized carbons (Fsp3) is 0.781. The number of rotatable bonds is 20. The average molecular weight is 563 g/mol. The zero-order valence-electron chi connectivity index (χ0n) is 26.2. The molecular weight excluding hydrogens is 507 g/mol. The van der Waals surface area contributed by atoms with E-state index in [0.29, 0.717) is 33.0 Å². The maximum Gasteiger partial charge on any atom is 0.303 e. The molecule has 7 nitrogen and oxygen atoms in total. The van der Waals surface area contributed by atoms with Crippen molar-refractivity contribution in [2.24, 2.45) is 0 Å². The van der Waals surface area contributed by atoms with E-state index in [0.717, 1.165) is 68.0 Å². The highest BCUT2D eigenvalue weighted by atomic mass is 16.6. The van der Waals surface area contributed by atoms with Gasteiger partial charge >= 0.3 is 5.97 Å². The van der Waals surface area contributed by atoms with E-state index >= 15 is 0 Å². The van der Waals surface area contributed by atoms with Crippen LogP contribution in [0.1, 0.15) is 103 Å². The fourth-order valence-corrected chi connectivity index (χ4v) is 5.07. The first-order chi connectivity index (χ1) is 19.4.